The van der Waals surface area contributed by atoms with E-state index in [1.54, 1.807) is 0 Å². The van der Waals surface area contributed by atoms with E-state index >= 15 is 0 Å². The molecule has 0 aromatic rings. The molecule has 1 rings (SSSR count). The van der Waals surface area contributed by atoms with Gasteiger partial charge in [0, 0.05) is 16.8 Å². The minimum absolute atomic E-state index is 0.0420. The Labute approximate surface area is 133 Å². The largest absolute Gasteiger partial charge is 0.351 e. The summed E-state index contributed by atoms with van der Waals surface area (Å²) >= 11 is 3.49. The quantitative estimate of drug-likeness (QED) is 0.612. The fraction of sp³-hybridized carbons (Fsp3) is 0.941. The summed E-state index contributed by atoms with van der Waals surface area (Å²) < 4.78 is 0. The van der Waals surface area contributed by atoms with Crippen LogP contribution in [0, 0.1) is 11.8 Å². The number of hydrogen-bond acceptors (Lipinski definition) is 1. The summed E-state index contributed by atoms with van der Waals surface area (Å²) in [6, 6.07) is 0. The molecule has 1 aliphatic rings. The lowest BCUT2D eigenvalue weighted by Crippen LogP contribution is -2.48. The maximum Gasteiger partial charge on any atom is 0.223 e. The number of carbonyl (C=O) groups is 1. The van der Waals surface area contributed by atoms with E-state index in [4.69, 9.17) is 0 Å². The summed E-state index contributed by atoms with van der Waals surface area (Å²) in [6.45, 7) is 6.58. The average Bonchev–Trinajstić information content (AvgIpc) is 2.45. The lowest BCUT2D eigenvalue weighted by Gasteiger charge is -2.33. The van der Waals surface area contributed by atoms with Crippen LogP contribution in [0.15, 0.2) is 0 Å². The highest BCUT2D eigenvalue weighted by Crippen LogP contribution is 2.32. The van der Waals surface area contributed by atoms with Gasteiger partial charge in [-0.2, -0.15) is 0 Å². The SMILES string of the molecule is CCCCC1CCC(C(=O)NC(C)(CC)CCBr)CC1. The topological polar surface area (TPSA) is 29.1 Å². The molecule has 0 aromatic carbocycles. The summed E-state index contributed by atoms with van der Waals surface area (Å²) in [5.41, 5.74) is -0.0420. The van der Waals surface area contributed by atoms with E-state index in [1.165, 1.54) is 32.1 Å². The zero-order chi connectivity index (χ0) is 15.0. The van der Waals surface area contributed by atoms with Gasteiger partial charge in [-0.25, -0.2) is 0 Å². The van der Waals surface area contributed by atoms with Crippen LogP contribution in [0.2, 0.25) is 0 Å². The first kappa shape index (κ1) is 18.0. The van der Waals surface area contributed by atoms with E-state index in [0.717, 1.165) is 36.9 Å². The molecule has 1 saturated carbocycles. The number of unbranched alkanes of at least 4 members (excludes halogenated alkanes) is 1. The van der Waals surface area contributed by atoms with Crippen LogP contribution < -0.4 is 5.32 Å². The van der Waals surface area contributed by atoms with Gasteiger partial charge in [0.2, 0.25) is 5.91 Å². The number of rotatable bonds is 8. The van der Waals surface area contributed by atoms with E-state index in [0.29, 0.717) is 5.91 Å². The van der Waals surface area contributed by atoms with Crippen molar-refractivity contribution >= 4 is 21.8 Å². The smallest absolute Gasteiger partial charge is 0.223 e. The van der Waals surface area contributed by atoms with Crippen molar-refractivity contribution in [3.63, 3.8) is 0 Å². The lowest BCUT2D eigenvalue weighted by molar-refractivity contribution is -0.128. The van der Waals surface area contributed by atoms with Gasteiger partial charge in [-0.05, 0) is 51.4 Å². The minimum atomic E-state index is -0.0420. The van der Waals surface area contributed by atoms with E-state index in [9.17, 15) is 4.79 Å². The van der Waals surface area contributed by atoms with Crippen molar-refractivity contribution in [3.05, 3.63) is 0 Å². The second-order valence-corrected chi connectivity index (χ2v) is 7.50. The highest BCUT2D eigenvalue weighted by Gasteiger charge is 2.30. The zero-order valence-corrected chi connectivity index (χ0v) is 15.1. The highest BCUT2D eigenvalue weighted by atomic mass is 79.9. The van der Waals surface area contributed by atoms with Crippen LogP contribution in [0.1, 0.15) is 78.6 Å². The number of amides is 1. The van der Waals surface area contributed by atoms with Crippen molar-refractivity contribution < 1.29 is 4.79 Å². The summed E-state index contributed by atoms with van der Waals surface area (Å²) in [5, 5.41) is 4.25. The molecular weight excluding hydrogens is 314 g/mol. The highest BCUT2D eigenvalue weighted by molar-refractivity contribution is 9.09. The molecule has 1 N–H and O–H groups in total. The average molecular weight is 346 g/mol. The molecule has 3 heteroatoms. The number of hydrogen-bond donors (Lipinski definition) is 1. The third kappa shape index (κ3) is 5.75. The molecule has 0 radical (unpaired) electrons. The summed E-state index contributed by atoms with van der Waals surface area (Å²) in [5.74, 6) is 1.43. The minimum Gasteiger partial charge on any atom is -0.351 e. The predicted octanol–water partition coefficient (Wildman–Crippen LogP) is 5.05. The van der Waals surface area contributed by atoms with Gasteiger partial charge in [-0.1, -0.05) is 49.0 Å². The molecule has 0 bridgehead atoms. The Hall–Kier alpha value is -0.0500. The standard InChI is InChI=1S/C17H32BrNO/c1-4-6-7-14-8-10-15(11-9-14)16(20)19-17(3,5-2)12-13-18/h14-15H,4-13H2,1-3H3,(H,19,20). The first-order valence-electron chi connectivity index (χ1n) is 8.42. The summed E-state index contributed by atoms with van der Waals surface area (Å²) in [6.07, 6.45) is 10.7. The normalized spacial score (nSPS) is 26.0. The number of alkyl halides is 1. The van der Waals surface area contributed by atoms with E-state index in [-0.39, 0.29) is 11.5 Å². The summed E-state index contributed by atoms with van der Waals surface area (Å²) in [4.78, 5) is 12.4. The molecule has 1 aliphatic carbocycles. The van der Waals surface area contributed by atoms with Gasteiger partial charge in [0.05, 0.1) is 0 Å². The van der Waals surface area contributed by atoms with Gasteiger partial charge < -0.3 is 5.32 Å². The molecule has 0 heterocycles. The van der Waals surface area contributed by atoms with Crippen molar-refractivity contribution in [3.8, 4) is 0 Å². The first-order chi connectivity index (χ1) is 9.54. The molecule has 1 atom stereocenters. The molecule has 0 aromatic heterocycles. The number of nitrogens with one attached hydrogen (secondary N) is 1. The van der Waals surface area contributed by atoms with E-state index < -0.39 is 0 Å². The number of carbonyl (C=O) groups excluding carboxylic acids is 1. The van der Waals surface area contributed by atoms with Crippen LogP contribution in [0.4, 0.5) is 0 Å². The van der Waals surface area contributed by atoms with Crippen LogP contribution in [-0.2, 0) is 4.79 Å². The van der Waals surface area contributed by atoms with Crippen LogP contribution in [0.3, 0.4) is 0 Å². The molecule has 118 valence electrons. The van der Waals surface area contributed by atoms with Gasteiger partial charge >= 0.3 is 0 Å². The van der Waals surface area contributed by atoms with Crippen LogP contribution >= 0.6 is 15.9 Å². The molecule has 0 spiro atoms. The molecule has 20 heavy (non-hydrogen) atoms. The van der Waals surface area contributed by atoms with Crippen molar-refractivity contribution in [2.45, 2.75) is 84.1 Å². The maximum atomic E-state index is 12.4. The zero-order valence-electron chi connectivity index (χ0n) is 13.5. The monoisotopic (exact) mass is 345 g/mol. The van der Waals surface area contributed by atoms with Crippen molar-refractivity contribution in [1.82, 2.24) is 5.32 Å². The lowest BCUT2D eigenvalue weighted by atomic mass is 9.79. The van der Waals surface area contributed by atoms with Crippen LogP contribution in [0.5, 0.6) is 0 Å². The first-order valence-corrected chi connectivity index (χ1v) is 9.54. The van der Waals surface area contributed by atoms with Gasteiger partial charge in [-0.15, -0.1) is 0 Å². The molecule has 1 fully saturated rings. The Kier molecular flexibility index (Phi) is 8.16. The molecular formula is C17H32BrNO. The Morgan fingerprint density at radius 1 is 1.25 bits per heavy atom. The van der Waals surface area contributed by atoms with E-state index in [1.807, 2.05) is 0 Å². The molecule has 0 aliphatic heterocycles. The predicted molar refractivity (Wildman–Crippen MR) is 90.2 cm³/mol. The Bertz CT molecular complexity index is 287. The van der Waals surface area contributed by atoms with Gasteiger partial charge in [0.25, 0.3) is 0 Å². The second kappa shape index (κ2) is 9.07. The van der Waals surface area contributed by atoms with Crippen LogP contribution in [-0.4, -0.2) is 16.8 Å². The molecule has 0 saturated heterocycles. The molecule has 2 nitrogen and oxygen atoms in total. The van der Waals surface area contributed by atoms with Crippen molar-refractivity contribution in [2.75, 3.05) is 5.33 Å². The summed E-state index contributed by atoms with van der Waals surface area (Å²) in [7, 11) is 0. The third-order valence-corrected chi connectivity index (χ3v) is 5.43. The fourth-order valence-electron chi connectivity index (χ4n) is 3.14. The van der Waals surface area contributed by atoms with Gasteiger partial charge in [0.1, 0.15) is 0 Å². The fourth-order valence-corrected chi connectivity index (χ4v) is 4.02. The van der Waals surface area contributed by atoms with Crippen molar-refractivity contribution in [1.29, 1.82) is 0 Å². The Morgan fingerprint density at radius 2 is 1.90 bits per heavy atom. The maximum absolute atomic E-state index is 12.4. The molecule has 1 amide bonds. The van der Waals surface area contributed by atoms with E-state index in [2.05, 4.69) is 42.0 Å². The van der Waals surface area contributed by atoms with Crippen molar-refractivity contribution in [2.24, 2.45) is 11.8 Å². The van der Waals surface area contributed by atoms with Gasteiger partial charge in [-0.3, -0.25) is 4.79 Å². The number of halogens is 1. The Morgan fingerprint density at radius 3 is 2.40 bits per heavy atom. The third-order valence-electron chi connectivity index (χ3n) is 5.04. The Balaban J connectivity index is 2.38. The second-order valence-electron chi connectivity index (χ2n) is 6.70. The van der Waals surface area contributed by atoms with Crippen LogP contribution in [0.25, 0.3) is 0 Å². The van der Waals surface area contributed by atoms with Gasteiger partial charge in [0.15, 0.2) is 0 Å². The molecule has 1 unspecified atom stereocenters.